The molecule has 4 nitrogen and oxygen atoms in total. The largest absolute Gasteiger partial charge is 0.408 e. The molecule has 4 rings (SSSR count). The van der Waals surface area contributed by atoms with Crippen molar-refractivity contribution in [3.63, 3.8) is 0 Å². The maximum absolute atomic E-state index is 13.3. The van der Waals surface area contributed by atoms with Crippen molar-refractivity contribution < 1.29 is 17.6 Å². The minimum absolute atomic E-state index is 0.132. The van der Waals surface area contributed by atoms with Crippen LogP contribution in [0.3, 0.4) is 0 Å². The predicted molar refractivity (Wildman–Crippen MR) is 103 cm³/mol. The fourth-order valence-electron chi connectivity index (χ4n) is 3.09. The van der Waals surface area contributed by atoms with Crippen LogP contribution >= 0.6 is 0 Å². The summed E-state index contributed by atoms with van der Waals surface area (Å²) in [5.74, 6) is 0.391. The van der Waals surface area contributed by atoms with Crippen LogP contribution in [0.4, 0.5) is 23.4 Å². The van der Waals surface area contributed by atoms with Gasteiger partial charge in [-0.05, 0) is 67.6 Å². The van der Waals surface area contributed by atoms with Gasteiger partial charge in [-0.25, -0.2) is 9.37 Å². The highest BCUT2D eigenvalue weighted by molar-refractivity contribution is 5.81. The molecule has 3 aromatic rings. The summed E-state index contributed by atoms with van der Waals surface area (Å²) in [4.78, 5) is 4.01. The zero-order chi connectivity index (χ0) is 20.6. The maximum atomic E-state index is 13.3. The molecule has 1 N–H and O–H groups in total. The summed E-state index contributed by atoms with van der Waals surface area (Å²) in [7, 11) is 0. The fourth-order valence-corrected chi connectivity index (χ4v) is 3.09. The first-order chi connectivity index (χ1) is 13.8. The Morgan fingerprint density at radius 1 is 1.14 bits per heavy atom. The molecule has 1 atom stereocenters. The van der Waals surface area contributed by atoms with E-state index in [4.69, 9.17) is 0 Å². The van der Waals surface area contributed by atoms with Gasteiger partial charge in [0.25, 0.3) is 0 Å². The molecule has 1 saturated carbocycles. The lowest BCUT2D eigenvalue weighted by Crippen LogP contribution is -2.33. The monoisotopic (exact) mass is 404 g/mol. The van der Waals surface area contributed by atoms with Gasteiger partial charge in [0.1, 0.15) is 23.4 Å². The number of nitrogens with one attached hydrogen (secondary N) is 1. The van der Waals surface area contributed by atoms with Gasteiger partial charge < -0.3 is 5.32 Å². The molecule has 1 unspecified atom stereocenters. The van der Waals surface area contributed by atoms with Crippen LogP contribution in [0.1, 0.15) is 19.8 Å². The first-order valence-corrected chi connectivity index (χ1v) is 9.42. The Kier molecular flexibility index (Phi) is 5.02. The van der Waals surface area contributed by atoms with E-state index in [1.54, 1.807) is 24.3 Å². The maximum Gasteiger partial charge on any atom is 0.408 e. The van der Waals surface area contributed by atoms with Crippen LogP contribution in [-0.4, -0.2) is 27.0 Å². The fraction of sp³-hybridized carbons (Fsp3) is 0.333. The summed E-state index contributed by atoms with van der Waals surface area (Å²) in [6.07, 6.45) is 1.32. The lowest BCUT2D eigenvalue weighted by molar-refractivity contribution is -0.138. The summed E-state index contributed by atoms with van der Waals surface area (Å²) in [5.41, 5.74) is 2.86. The molecule has 152 valence electrons. The van der Waals surface area contributed by atoms with Crippen LogP contribution in [0, 0.1) is 11.7 Å². The molecule has 2 aromatic heterocycles. The smallest absolute Gasteiger partial charge is 0.359 e. The van der Waals surface area contributed by atoms with Crippen LogP contribution in [0.5, 0.6) is 0 Å². The number of halogens is 4. The van der Waals surface area contributed by atoms with E-state index in [9.17, 15) is 17.6 Å². The van der Waals surface area contributed by atoms with Crippen LogP contribution in [0.15, 0.2) is 48.8 Å². The average molecular weight is 404 g/mol. The van der Waals surface area contributed by atoms with Crippen molar-refractivity contribution in [1.82, 2.24) is 14.8 Å². The van der Waals surface area contributed by atoms with Crippen molar-refractivity contribution in [1.29, 1.82) is 0 Å². The number of pyridine rings is 1. The summed E-state index contributed by atoms with van der Waals surface area (Å²) < 4.78 is 53.8. The molecule has 0 amide bonds. The van der Waals surface area contributed by atoms with Crippen LogP contribution in [0.2, 0.25) is 0 Å². The normalized spacial score (nSPS) is 15.3. The molecule has 0 bridgehead atoms. The summed E-state index contributed by atoms with van der Waals surface area (Å²) in [5, 5.41) is 7.06. The Hall–Kier alpha value is -2.90. The molecule has 1 fully saturated rings. The van der Waals surface area contributed by atoms with Gasteiger partial charge in [0.2, 0.25) is 0 Å². The van der Waals surface area contributed by atoms with Gasteiger partial charge in [0, 0.05) is 30.1 Å². The van der Waals surface area contributed by atoms with E-state index < -0.39 is 12.2 Å². The number of benzene rings is 1. The van der Waals surface area contributed by atoms with E-state index >= 15 is 0 Å². The van der Waals surface area contributed by atoms with E-state index in [2.05, 4.69) is 15.4 Å². The zero-order valence-electron chi connectivity index (χ0n) is 15.7. The lowest BCUT2D eigenvalue weighted by atomic mass is 10.0. The number of hydrogen-bond donors (Lipinski definition) is 1. The third-order valence-corrected chi connectivity index (χ3v) is 4.95. The highest BCUT2D eigenvalue weighted by Crippen LogP contribution is 2.35. The Morgan fingerprint density at radius 2 is 1.86 bits per heavy atom. The van der Waals surface area contributed by atoms with E-state index in [-0.39, 0.29) is 11.6 Å². The van der Waals surface area contributed by atoms with Crippen molar-refractivity contribution >= 4 is 5.82 Å². The molecule has 8 heteroatoms. The predicted octanol–water partition coefficient (Wildman–Crippen LogP) is 5.52. The topological polar surface area (TPSA) is 42.7 Å². The summed E-state index contributed by atoms with van der Waals surface area (Å²) >= 11 is 0. The van der Waals surface area contributed by atoms with Crippen molar-refractivity contribution in [2.75, 3.05) is 5.32 Å². The lowest BCUT2D eigenvalue weighted by Gasteiger charge is -2.18. The minimum atomic E-state index is -4.37. The summed E-state index contributed by atoms with van der Waals surface area (Å²) in [6, 6.07) is 7.61. The van der Waals surface area contributed by atoms with E-state index in [0.717, 1.165) is 24.6 Å². The molecule has 0 radical (unpaired) electrons. The number of rotatable bonds is 6. The number of nitrogens with zero attached hydrogens (tertiary/aromatic N) is 3. The average Bonchev–Trinajstić information content (AvgIpc) is 3.38. The highest BCUT2D eigenvalue weighted by atomic mass is 19.4. The third kappa shape index (κ3) is 4.58. The van der Waals surface area contributed by atoms with Crippen molar-refractivity contribution in [2.24, 2.45) is 5.92 Å². The van der Waals surface area contributed by atoms with Gasteiger partial charge in [0.15, 0.2) is 0 Å². The van der Waals surface area contributed by atoms with E-state index in [1.165, 1.54) is 31.2 Å². The highest BCUT2D eigenvalue weighted by Gasteiger charge is 2.36. The number of alkyl halides is 3. The van der Waals surface area contributed by atoms with E-state index in [0.29, 0.717) is 17.2 Å². The van der Waals surface area contributed by atoms with Gasteiger partial charge in [-0.15, -0.1) is 0 Å². The molecule has 1 aromatic carbocycles. The second-order valence-corrected chi connectivity index (χ2v) is 7.40. The first-order valence-electron chi connectivity index (χ1n) is 9.42. The number of aromatic nitrogens is 3. The quantitative estimate of drug-likeness (QED) is 0.550. The van der Waals surface area contributed by atoms with Gasteiger partial charge in [-0.3, -0.25) is 4.68 Å². The molecule has 1 aliphatic carbocycles. The van der Waals surface area contributed by atoms with E-state index in [1.807, 2.05) is 10.9 Å². The minimum Gasteiger partial charge on any atom is -0.359 e. The van der Waals surface area contributed by atoms with Gasteiger partial charge in [-0.1, -0.05) is 0 Å². The Morgan fingerprint density at radius 3 is 2.52 bits per heavy atom. The Labute approximate surface area is 165 Å². The zero-order valence-corrected chi connectivity index (χ0v) is 15.7. The molecule has 0 aliphatic heterocycles. The second-order valence-electron chi connectivity index (χ2n) is 7.40. The Balaban J connectivity index is 1.70. The second kappa shape index (κ2) is 7.50. The number of anilines is 1. The van der Waals surface area contributed by atoms with Crippen LogP contribution in [-0.2, 0) is 6.54 Å². The number of hydrogen-bond acceptors (Lipinski definition) is 3. The first kappa shape index (κ1) is 19.4. The van der Waals surface area contributed by atoms with Gasteiger partial charge >= 0.3 is 6.18 Å². The van der Waals surface area contributed by atoms with Crippen LogP contribution in [0.25, 0.3) is 22.4 Å². The van der Waals surface area contributed by atoms with Gasteiger partial charge in [0.05, 0.1) is 0 Å². The van der Waals surface area contributed by atoms with Crippen molar-refractivity contribution in [2.45, 2.75) is 38.5 Å². The van der Waals surface area contributed by atoms with Crippen molar-refractivity contribution in [3.8, 4) is 22.4 Å². The molecule has 2 heterocycles. The standard InChI is InChI=1S/C21H20F4N4/c1-13(21(23,24)25)27-19-10-16(8-9-26-19)18-12-29(11-14-2-3-14)28-20(18)15-4-6-17(22)7-5-15/h4-10,12-14H,2-3,11H2,1H3,(H,26,27). The molecular formula is C21H20F4N4. The molecule has 0 spiro atoms. The Bertz CT molecular complexity index is 991. The molecule has 29 heavy (non-hydrogen) atoms. The molecular weight excluding hydrogens is 384 g/mol. The van der Waals surface area contributed by atoms with Crippen LogP contribution < -0.4 is 5.32 Å². The molecule has 1 aliphatic rings. The SMILES string of the molecule is CC(Nc1cc(-c2cn(CC3CC3)nc2-c2ccc(F)cc2)ccn1)C(F)(F)F. The molecule has 0 saturated heterocycles. The summed E-state index contributed by atoms with van der Waals surface area (Å²) in [6.45, 7) is 1.83. The third-order valence-electron chi connectivity index (χ3n) is 4.95. The van der Waals surface area contributed by atoms with Crippen molar-refractivity contribution in [3.05, 3.63) is 54.6 Å². The van der Waals surface area contributed by atoms with Gasteiger partial charge in [-0.2, -0.15) is 18.3 Å².